The summed E-state index contributed by atoms with van der Waals surface area (Å²) in [5, 5.41) is 6.80. The summed E-state index contributed by atoms with van der Waals surface area (Å²) in [6.45, 7) is 0. The molecule has 0 spiro atoms. The Morgan fingerprint density at radius 1 is 0.310 bits per heavy atom. The summed E-state index contributed by atoms with van der Waals surface area (Å²) < 4.78 is 15.8. The largest absolute Gasteiger partial charge is 0.455 e. The lowest BCUT2D eigenvalue weighted by molar-refractivity contribution is 0.669. The van der Waals surface area contributed by atoms with E-state index in [1.54, 1.807) is 0 Å². The molecule has 4 heteroatoms. The third kappa shape index (κ3) is 4.95. The average Bonchev–Trinajstić information content (AvgIpc) is 3.97. The maximum absolute atomic E-state index is 6.73. The minimum atomic E-state index is 0.866. The number of hydrogen-bond donors (Lipinski definition) is 0. The summed E-state index contributed by atoms with van der Waals surface area (Å²) in [6, 6.07) is 73.1. The lowest BCUT2D eigenvalue weighted by atomic mass is 9.92. The Kier molecular flexibility index (Phi) is 7.20. The number of rotatable bonds is 6. The van der Waals surface area contributed by atoms with Crippen molar-refractivity contribution in [3.05, 3.63) is 206 Å². The lowest BCUT2D eigenvalue weighted by Gasteiger charge is -2.25. The highest BCUT2D eigenvalue weighted by atomic mass is 16.3. The molecular formula is C54H34N2O2. The van der Waals surface area contributed by atoms with E-state index >= 15 is 0 Å². The molecule has 0 radical (unpaired) electrons. The highest BCUT2D eigenvalue weighted by Gasteiger charge is 2.22. The molecule has 3 aromatic heterocycles. The van der Waals surface area contributed by atoms with Gasteiger partial charge in [-0.1, -0.05) is 140 Å². The molecule has 0 amide bonds. The Morgan fingerprint density at radius 3 is 1.47 bits per heavy atom. The number of anilines is 3. The van der Waals surface area contributed by atoms with E-state index < -0.39 is 0 Å². The van der Waals surface area contributed by atoms with Gasteiger partial charge in [-0.25, -0.2) is 0 Å². The maximum Gasteiger partial charge on any atom is 0.143 e. The number of hydrogen-bond acceptors (Lipinski definition) is 3. The highest BCUT2D eigenvalue weighted by Crippen LogP contribution is 2.45. The first kappa shape index (κ1) is 32.4. The molecule has 0 aliphatic rings. The van der Waals surface area contributed by atoms with Crippen LogP contribution in [0.1, 0.15) is 0 Å². The van der Waals surface area contributed by atoms with E-state index in [9.17, 15) is 0 Å². The fraction of sp³-hybridized carbons (Fsp3) is 0. The van der Waals surface area contributed by atoms with Crippen molar-refractivity contribution in [3.63, 3.8) is 0 Å². The molecule has 0 aliphatic heterocycles. The Bertz CT molecular complexity index is 3480. The Morgan fingerprint density at radius 2 is 0.828 bits per heavy atom. The molecular weight excluding hydrogens is 709 g/mol. The van der Waals surface area contributed by atoms with Crippen LogP contribution in [-0.2, 0) is 0 Å². The fourth-order valence-electron chi connectivity index (χ4n) is 9.03. The Labute approximate surface area is 334 Å². The first-order valence-corrected chi connectivity index (χ1v) is 19.7. The predicted molar refractivity (Wildman–Crippen MR) is 241 cm³/mol. The van der Waals surface area contributed by atoms with Crippen molar-refractivity contribution in [2.75, 3.05) is 4.90 Å². The van der Waals surface area contributed by atoms with E-state index in [0.717, 1.165) is 99.9 Å². The van der Waals surface area contributed by atoms with E-state index in [4.69, 9.17) is 8.83 Å². The summed E-state index contributed by atoms with van der Waals surface area (Å²) in [7, 11) is 0. The molecule has 0 saturated carbocycles. The summed E-state index contributed by atoms with van der Waals surface area (Å²) in [5.74, 6) is 0. The van der Waals surface area contributed by atoms with Gasteiger partial charge in [-0.3, -0.25) is 0 Å². The molecule has 0 unspecified atom stereocenters. The molecule has 3 heterocycles. The van der Waals surface area contributed by atoms with Crippen LogP contribution in [0.2, 0.25) is 0 Å². The van der Waals surface area contributed by atoms with Crippen molar-refractivity contribution >= 4 is 82.7 Å². The molecule has 9 aromatic carbocycles. The SMILES string of the molecule is c1ccc(N(c2ccccc2)c2ccc3c4ccccc4n(-c4ccc(-c5cccc6c5oc5ccccc56)c(-c5cccc6c5oc5ccccc56)c4)c3c2)cc1. The minimum Gasteiger partial charge on any atom is -0.455 e. The van der Waals surface area contributed by atoms with Gasteiger partial charge in [-0.15, -0.1) is 0 Å². The zero-order valence-corrected chi connectivity index (χ0v) is 31.3. The first-order chi connectivity index (χ1) is 28.8. The van der Waals surface area contributed by atoms with E-state index in [-0.39, 0.29) is 0 Å². The van der Waals surface area contributed by atoms with Gasteiger partial charge >= 0.3 is 0 Å². The van der Waals surface area contributed by atoms with Crippen LogP contribution >= 0.6 is 0 Å². The normalized spacial score (nSPS) is 11.8. The number of benzene rings is 9. The van der Waals surface area contributed by atoms with Gasteiger partial charge in [-0.05, 0) is 77.9 Å². The van der Waals surface area contributed by atoms with E-state index in [2.05, 4.69) is 198 Å². The van der Waals surface area contributed by atoms with Gasteiger partial charge in [0.05, 0.1) is 11.0 Å². The van der Waals surface area contributed by atoms with Crippen molar-refractivity contribution in [2.24, 2.45) is 0 Å². The molecule has 12 rings (SSSR count). The molecule has 4 nitrogen and oxygen atoms in total. The van der Waals surface area contributed by atoms with Crippen molar-refractivity contribution < 1.29 is 8.83 Å². The van der Waals surface area contributed by atoms with Gasteiger partial charge in [0.25, 0.3) is 0 Å². The summed E-state index contributed by atoms with van der Waals surface area (Å²) >= 11 is 0. The second-order valence-corrected chi connectivity index (χ2v) is 14.9. The van der Waals surface area contributed by atoms with Gasteiger partial charge in [0.2, 0.25) is 0 Å². The fourth-order valence-corrected chi connectivity index (χ4v) is 9.03. The Hall–Kier alpha value is -7.82. The smallest absolute Gasteiger partial charge is 0.143 e. The third-order valence-corrected chi connectivity index (χ3v) is 11.6. The molecule has 0 N–H and O–H groups in total. The molecule has 0 bridgehead atoms. The topological polar surface area (TPSA) is 34.5 Å². The van der Waals surface area contributed by atoms with Crippen LogP contribution in [0.15, 0.2) is 215 Å². The quantitative estimate of drug-likeness (QED) is 0.170. The number of aromatic nitrogens is 1. The van der Waals surface area contributed by atoms with Crippen molar-refractivity contribution in [1.29, 1.82) is 0 Å². The number of fused-ring (bicyclic) bond motifs is 9. The van der Waals surface area contributed by atoms with Crippen LogP contribution in [0.4, 0.5) is 17.1 Å². The predicted octanol–water partition coefficient (Wildman–Crippen LogP) is 15.4. The zero-order valence-electron chi connectivity index (χ0n) is 31.3. The Balaban J connectivity index is 1.14. The molecule has 0 aliphatic carbocycles. The van der Waals surface area contributed by atoms with Crippen LogP contribution in [0.25, 0.3) is 93.6 Å². The molecule has 0 atom stereocenters. The van der Waals surface area contributed by atoms with E-state index in [1.807, 2.05) is 18.2 Å². The summed E-state index contributed by atoms with van der Waals surface area (Å²) in [6.07, 6.45) is 0. The zero-order chi connectivity index (χ0) is 38.2. The summed E-state index contributed by atoms with van der Waals surface area (Å²) in [4.78, 5) is 2.33. The highest BCUT2D eigenvalue weighted by molar-refractivity contribution is 6.14. The first-order valence-electron chi connectivity index (χ1n) is 19.7. The third-order valence-electron chi connectivity index (χ3n) is 11.6. The standard InChI is InChI=1S/C54H34N2O2/c1-3-15-35(16-4-1)55(36-17-5-2-6-18-36)38-30-32-41-40-19-7-10-26-49(40)56(50(41)34-38)37-29-31-39(44-22-13-23-45-42-20-8-11-27-51(42)57-53(44)45)48(33-37)47-25-14-24-46-43-21-9-12-28-52(43)58-54(46)47/h1-34H. The van der Waals surface area contributed by atoms with Crippen molar-refractivity contribution in [1.82, 2.24) is 4.57 Å². The lowest BCUT2D eigenvalue weighted by Crippen LogP contribution is -2.09. The van der Waals surface area contributed by atoms with Gasteiger partial charge in [0.1, 0.15) is 22.3 Å². The van der Waals surface area contributed by atoms with Crippen LogP contribution in [-0.4, -0.2) is 4.57 Å². The van der Waals surface area contributed by atoms with Gasteiger partial charge in [0, 0.05) is 66.2 Å². The minimum absolute atomic E-state index is 0.866. The molecule has 272 valence electrons. The second kappa shape index (κ2) is 12.9. The average molecular weight is 743 g/mol. The van der Waals surface area contributed by atoms with Crippen LogP contribution < -0.4 is 4.90 Å². The van der Waals surface area contributed by atoms with Crippen molar-refractivity contribution in [3.8, 4) is 27.9 Å². The van der Waals surface area contributed by atoms with Gasteiger partial charge in [0.15, 0.2) is 0 Å². The van der Waals surface area contributed by atoms with Gasteiger partial charge in [-0.2, -0.15) is 0 Å². The molecule has 0 saturated heterocycles. The van der Waals surface area contributed by atoms with E-state index in [1.165, 1.54) is 10.8 Å². The van der Waals surface area contributed by atoms with Crippen LogP contribution in [0, 0.1) is 0 Å². The number of para-hydroxylation sites is 7. The van der Waals surface area contributed by atoms with Crippen LogP contribution in [0.5, 0.6) is 0 Å². The molecule has 12 aromatic rings. The van der Waals surface area contributed by atoms with Crippen molar-refractivity contribution in [2.45, 2.75) is 0 Å². The monoisotopic (exact) mass is 742 g/mol. The molecule has 0 fully saturated rings. The van der Waals surface area contributed by atoms with Crippen LogP contribution in [0.3, 0.4) is 0 Å². The maximum atomic E-state index is 6.73. The number of furan rings is 2. The number of nitrogens with zero attached hydrogens (tertiary/aromatic N) is 2. The second-order valence-electron chi connectivity index (χ2n) is 14.9. The molecule has 58 heavy (non-hydrogen) atoms. The van der Waals surface area contributed by atoms with Gasteiger partial charge < -0.3 is 18.3 Å². The van der Waals surface area contributed by atoms with E-state index in [0.29, 0.717) is 0 Å². The summed E-state index contributed by atoms with van der Waals surface area (Å²) in [5.41, 5.74) is 14.3.